The largest absolute Gasteiger partial charge is 0.516 e. The van der Waals surface area contributed by atoms with Crippen LogP contribution in [0.15, 0.2) is 111 Å². The molecule has 4 aromatic carbocycles. The normalized spacial score (nSPS) is 19.8. The Morgan fingerprint density at radius 1 is 0.697 bits per heavy atom. The lowest BCUT2D eigenvalue weighted by Crippen LogP contribution is -2.43. The summed E-state index contributed by atoms with van der Waals surface area (Å²) in [4.78, 5) is 2.44. The molecule has 1 spiro atoms. The molecule has 0 saturated heterocycles. The molecule has 1 atom stereocenters. The first kappa shape index (κ1) is 19.3. The second-order valence-electron chi connectivity index (χ2n) is 8.45. The molecular weight excluding hydrogens is 444 g/mol. The van der Waals surface area contributed by atoms with Crippen LogP contribution in [0.1, 0.15) is 16.7 Å². The van der Waals surface area contributed by atoms with E-state index >= 15 is 0 Å². The summed E-state index contributed by atoms with van der Waals surface area (Å²) in [6, 6.07) is 32.1. The van der Waals surface area contributed by atoms with Crippen molar-refractivity contribution in [1.29, 1.82) is 0 Å². The van der Waals surface area contributed by atoms with Crippen molar-refractivity contribution < 1.29 is 9.39 Å². The lowest BCUT2D eigenvalue weighted by molar-refractivity contribution is -0.751. The predicted octanol–water partition coefficient (Wildman–Crippen LogP) is 8.28. The summed E-state index contributed by atoms with van der Waals surface area (Å²) in [6.45, 7) is 2.17. The molecule has 7 rings (SSSR count). The maximum atomic E-state index is 5.26. The molecule has 6 heteroatoms. The maximum Gasteiger partial charge on any atom is 0.516 e. The van der Waals surface area contributed by atoms with Gasteiger partial charge < -0.3 is 0 Å². The van der Waals surface area contributed by atoms with E-state index < -0.39 is 4.33 Å². The van der Waals surface area contributed by atoms with Crippen LogP contribution in [-0.4, -0.2) is 13.7 Å². The van der Waals surface area contributed by atoms with Crippen molar-refractivity contribution in [1.82, 2.24) is 0 Å². The number of aryl methyl sites for hydroxylation is 1. The highest BCUT2D eigenvalue weighted by Crippen LogP contribution is 2.61. The van der Waals surface area contributed by atoms with Crippen LogP contribution in [0.25, 0.3) is 0 Å². The standard InChI is InChI=1S/C27H20N4S2/c1-18-8-5-14-23-25(18)32-27-30(21-11-3-2-4-12-21)29-24-15-7-10-20(26(24)33-27)16-19-9-6-13-22(17-19)31(27)28-23/h2-15,17H,16H2,1H3/q+2/t27-/m1/s1. The van der Waals surface area contributed by atoms with Gasteiger partial charge in [0, 0.05) is 43.9 Å². The third-order valence-electron chi connectivity index (χ3n) is 6.24. The van der Waals surface area contributed by atoms with E-state index in [9.17, 15) is 0 Å². The molecule has 3 heterocycles. The van der Waals surface area contributed by atoms with E-state index in [2.05, 4.69) is 101 Å². The van der Waals surface area contributed by atoms with E-state index in [0.29, 0.717) is 0 Å². The van der Waals surface area contributed by atoms with Gasteiger partial charge in [-0.25, -0.2) is 0 Å². The number of nitrogens with zero attached hydrogens (tertiary/aromatic N) is 4. The smallest absolute Gasteiger partial charge is 0.0618 e. The Morgan fingerprint density at radius 3 is 2.21 bits per heavy atom. The Morgan fingerprint density at radius 2 is 1.36 bits per heavy atom. The van der Waals surface area contributed by atoms with E-state index in [4.69, 9.17) is 10.2 Å². The molecule has 0 aromatic heterocycles. The van der Waals surface area contributed by atoms with Crippen LogP contribution < -0.4 is 0 Å². The number of hydrogen-bond acceptors (Lipinski definition) is 4. The van der Waals surface area contributed by atoms with Crippen LogP contribution in [-0.2, 0) is 6.42 Å². The van der Waals surface area contributed by atoms with Gasteiger partial charge in [-0.15, -0.1) is 0 Å². The monoisotopic (exact) mass is 464 g/mol. The summed E-state index contributed by atoms with van der Waals surface area (Å²) < 4.78 is 3.70. The van der Waals surface area contributed by atoms with Crippen LogP contribution in [0.3, 0.4) is 0 Å². The van der Waals surface area contributed by atoms with Gasteiger partial charge in [-0.2, -0.15) is 0 Å². The number of azo groups is 4. The zero-order valence-electron chi connectivity index (χ0n) is 18.0. The SMILES string of the molecule is Cc1cccc2c1S[C@@]13Sc4c(cccc4N=[N+]1c1ccccc1)Cc1cccc(c1)[N+]3=N2. The summed E-state index contributed by atoms with van der Waals surface area (Å²) in [5.74, 6) is 0. The second-order valence-corrected chi connectivity index (χ2v) is 11.1. The molecule has 4 bridgehead atoms. The number of hydrogen-bond donors (Lipinski definition) is 0. The quantitative estimate of drug-likeness (QED) is 0.265. The van der Waals surface area contributed by atoms with Crippen LogP contribution in [0.2, 0.25) is 0 Å². The molecule has 0 radical (unpaired) electrons. The van der Waals surface area contributed by atoms with Crippen LogP contribution >= 0.6 is 23.5 Å². The van der Waals surface area contributed by atoms with Crippen molar-refractivity contribution in [2.75, 3.05) is 0 Å². The second kappa shape index (κ2) is 7.14. The summed E-state index contributed by atoms with van der Waals surface area (Å²) in [5, 5.41) is 10.5. The third kappa shape index (κ3) is 2.87. The minimum atomic E-state index is -0.632. The van der Waals surface area contributed by atoms with E-state index in [1.54, 1.807) is 0 Å². The van der Waals surface area contributed by atoms with Gasteiger partial charge in [0.1, 0.15) is 11.4 Å². The van der Waals surface area contributed by atoms with Gasteiger partial charge in [-0.3, -0.25) is 0 Å². The number of para-hydroxylation sites is 1. The molecule has 0 fully saturated rings. The Bertz CT molecular complexity index is 1510. The predicted molar refractivity (Wildman–Crippen MR) is 132 cm³/mol. The van der Waals surface area contributed by atoms with Crippen molar-refractivity contribution in [3.05, 3.63) is 108 Å². The van der Waals surface area contributed by atoms with Gasteiger partial charge in [-0.1, -0.05) is 54.6 Å². The number of rotatable bonds is 1. The molecule has 0 unspecified atom stereocenters. The van der Waals surface area contributed by atoms with Gasteiger partial charge in [0.15, 0.2) is 0 Å². The van der Waals surface area contributed by atoms with Crippen molar-refractivity contribution in [3.8, 4) is 0 Å². The van der Waals surface area contributed by atoms with Gasteiger partial charge in [0.2, 0.25) is 11.4 Å². The fraction of sp³-hybridized carbons (Fsp3) is 0.111. The van der Waals surface area contributed by atoms with Crippen molar-refractivity contribution in [2.45, 2.75) is 27.5 Å². The van der Waals surface area contributed by atoms with E-state index in [0.717, 1.165) is 29.2 Å². The summed E-state index contributed by atoms with van der Waals surface area (Å²) >= 11 is 3.69. The van der Waals surface area contributed by atoms with Crippen LogP contribution in [0.5, 0.6) is 0 Å². The van der Waals surface area contributed by atoms with E-state index in [1.165, 1.54) is 26.5 Å². The minimum Gasteiger partial charge on any atom is -0.0618 e. The highest BCUT2D eigenvalue weighted by molar-refractivity contribution is 8.17. The number of benzene rings is 4. The van der Waals surface area contributed by atoms with Crippen LogP contribution in [0, 0.1) is 6.92 Å². The Labute approximate surface area is 200 Å². The average molecular weight is 465 g/mol. The average Bonchev–Trinajstić information content (AvgIpc) is 2.88. The molecule has 3 aliphatic heterocycles. The Hall–Kier alpha value is -3.22. The molecule has 0 amide bonds. The lowest BCUT2D eigenvalue weighted by atomic mass is 10.0. The highest BCUT2D eigenvalue weighted by atomic mass is 32.2. The molecule has 0 saturated carbocycles. The topological polar surface area (TPSA) is 30.7 Å². The number of fused-ring (bicyclic) bond motifs is 4. The summed E-state index contributed by atoms with van der Waals surface area (Å²) in [6.07, 6.45) is 0.880. The third-order valence-corrected chi connectivity index (χ3v) is 9.37. The molecule has 4 aromatic rings. The Kier molecular flexibility index (Phi) is 4.17. The molecule has 0 N–H and O–H groups in total. The summed E-state index contributed by atoms with van der Waals surface area (Å²) in [5.41, 5.74) is 7.96. The van der Waals surface area contributed by atoms with Crippen molar-refractivity contribution in [3.63, 3.8) is 0 Å². The summed E-state index contributed by atoms with van der Waals surface area (Å²) in [7, 11) is 0. The lowest BCUT2D eigenvalue weighted by Gasteiger charge is -2.28. The first-order valence-corrected chi connectivity index (χ1v) is 12.6. The molecule has 0 aliphatic carbocycles. The molecular formula is C27H20N4S2+2. The van der Waals surface area contributed by atoms with Gasteiger partial charge in [-0.05, 0) is 42.2 Å². The van der Waals surface area contributed by atoms with Gasteiger partial charge in [0.25, 0.3) is 0 Å². The van der Waals surface area contributed by atoms with Gasteiger partial charge >= 0.3 is 4.33 Å². The number of thioether (sulfide) groups is 2. The first-order valence-electron chi connectivity index (χ1n) is 11.0. The fourth-order valence-electron chi connectivity index (χ4n) is 4.68. The molecule has 4 nitrogen and oxygen atoms in total. The minimum absolute atomic E-state index is 0.632. The molecule has 33 heavy (non-hydrogen) atoms. The van der Waals surface area contributed by atoms with E-state index in [1.807, 2.05) is 29.6 Å². The van der Waals surface area contributed by atoms with E-state index in [-0.39, 0.29) is 0 Å². The highest BCUT2D eigenvalue weighted by Gasteiger charge is 2.66. The fourth-order valence-corrected chi connectivity index (χ4v) is 7.73. The van der Waals surface area contributed by atoms with Crippen molar-refractivity contribution in [2.24, 2.45) is 10.2 Å². The van der Waals surface area contributed by atoms with Crippen LogP contribution in [0.4, 0.5) is 22.7 Å². The van der Waals surface area contributed by atoms with Crippen molar-refractivity contribution >= 4 is 46.3 Å². The Balaban J connectivity index is 1.62. The maximum absolute atomic E-state index is 5.26. The first-order chi connectivity index (χ1) is 16.2. The van der Waals surface area contributed by atoms with Gasteiger partial charge in [0.05, 0.1) is 33.3 Å². The molecule has 3 aliphatic rings. The molecule has 158 valence electrons. The zero-order chi connectivity index (χ0) is 22.0. The zero-order valence-corrected chi connectivity index (χ0v) is 19.6.